The van der Waals surface area contributed by atoms with Crippen LogP contribution < -0.4 is 0 Å². The van der Waals surface area contributed by atoms with Crippen molar-refractivity contribution in [1.82, 2.24) is 19.4 Å². The largest absolute Gasteiger partial charge is 0.406 e. The zero-order valence-corrected chi connectivity index (χ0v) is 15.8. The number of aliphatic hydroxyl groups is 1. The van der Waals surface area contributed by atoms with Crippen molar-refractivity contribution >= 4 is 33.5 Å². The van der Waals surface area contributed by atoms with Gasteiger partial charge in [0.25, 0.3) is 0 Å². The van der Waals surface area contributed by atoms with E-state index < -0.39 is 12.7 Å². The number of fused-ring (bicyclic) bond motifs is 3. The number of benzene rings is 1. The normalized spacial score (nSPS) is 19.4. The Morgan fingerprint density at radius 3 is 2.79 bits per heavy atom. The number of aromatic nitrogens is 3. The third-order valence-electron chi connectivity index (χ3n) is 5.19. The first-order valence-corrected chi connectivity index (χ1v) is 9.58. The highest BCUT2D eigenvalue weighted by Crippen LogP contribution is 2.34. The average Bonchev–Trinajstić information content (AvgIpc) is 2.77. The van der Waals surface area contributed by atoms with E-state index in [1.54, 1.807) is 6.07 Å². The Labute approximate surface area is 164 Å². The first-order chi connectivity index (χ1) is 13.3. The van der Waals surface area contributed by atoms with Gasteiger partial charge >= 0.3 is 6.18 Å². The van der Waals surface area contributed by atoms with Crippen LogP contribution in [-0.2, 0) is 13.1 Å². The summed E-state index contributed by atoms with van der Waals surface area (Å²) in [6.45, 7) is 1.21. The molecule has 0 spiro atoms. The summed E-state index contributed by atoms with van der Waals surface area (Å²) in [5, 5.41) is 10.4. The SMILES string of the molecule is OC1CCCN(Cc2ccc3c(c2)c2ncnc(Cl)c2n3CC(F)(F)F)CC1. The Morgan fingerprint density at radius 1 is 1.18 bits per heavy atom. The van der Waals surface area contributed by atoms with E-state index in [9.17, 15) is 18.3 Å². The number of hydrogen-bond acceptors (Lipinski definition) is 4. The number of aliphatic hydroxyl groups excluding tert-OH is 1. The van der Waals surface area contributed by atoms with Gasteiger partial charge in [0.15, 0.2) is 5.15 Å². The Hall–Kier alpha value is -1.90. The molecule has 1 aliphatic heterocycles. The molecule has 1 aromatic carbocycles. The van der Waals surface area contributed by atoms with E-state index in [1.165, 1.54) is 6.33 Å². The molecule has 5 nitrogen and oxygen atoms in total. The van der Waals surface area contributed by atoms with Crippen LogP contribution in [0.3, 0.4) is 0 Å². The van der Waals surface area contributed by atoms with E-state index >= 15 is 0 Å². The summed E-state index contributed by atoms with van der Waals surface area (Å²) in [5.74, 6) is 0. The maximum Gasteiger partial charge on any atom is 0.406 e. The van der Waals surface area contributed by atoms with Crippen molar-refractivity contribution in [2.24, 2.45) is 0 Å². The highest BCUT2D eigenvalue weighted by atomic mass is 35.5. The summed E-state index contributed by atoms with van der Waals surface area (Å²) in [6, 6.07) is 5.42. The summed E-state index contributed by atoms with van der Waals surface area (Å²) in [4.78, 5) is 10.3. The fourth-order valence-corrected chi connectivity index (χ4v) is 4.15. The lowest BCUT2D eigenvalue weighted by Crippen LogP contribution is -2.24. The van der Waals surface area contributed by atoms with E-state index in [1.807, 2.05) is 12.1 Å². The molecule has 9 heteroatoms. The molecule has 0 saturated carbocycles. The van der Waals surface area contributed by atoms with E-state index in [2.05, 4.69) is 14.9 Å². The van der Waals surface area contributed by atoms with Crippen LogP contribution in [0.1, 0.15) is 24.8 Å². The van der Waals surface area contributed by atoms with Gasteiger partial charge in [-0.15, -0.1) is 0 Å². The van der Waals surface area contributed by atoms with Crippen molar-refractivity contribution in [3.63, 3.8) is 0 Å². The molecule has 1 aliphatic rings. The van der Waals surface area contributed by atoms with Crippen molar-refractivity contribution in [2.45, 2.75) is 44.6 Å². The van der Waals surface area contributed by atoms with Gasteiger partial charge in [-0.2, -0.15) is 13.2 Å². The van der Waals surface area contributed by atoms with Crippen molar-refractivity contribution < 1.29 is 18.3 Å². The maximum absolute atomic E-state index is 13.1. The number of nitrogens with zero attached hydrogens (tertiary/aromatic N) is 4. The van der Waals surface area contributed by atoms with Gasteiger partial charge in [-0.1, -0.05) is 17.7 Å². The highest BCUT2D eigenvalue weighted by Gasteiger charge is 2.31. The molecule has 0 amide bonds. The fraction of sp³-hybridized carbons (Fsp3) is 0.474. The molecular weight excluding hydrogens is 393 g/mol. The van der Waals surface area contributed by atoms with Crippen LogP contribution in [-0.4, -0.2) is 49.9 Å². The average molecular weight is 413 g/mol. The molecule has 1 atom stereocenters. The second-order valence-electron chi connectivity index (χ2n) is 7.28. The number of likely N-dealkylation sites (tertiary alicyclic amines) is 1. The smallest absolute Gasteiger partial charge is 0.393 e. The maximum atomic E-state index is 13.1. The van der Waals surface area contributed by atoms with Crippen LogP contribution in [0.25, 0.3) is 21.9 Å². The lowest BCUT2D eigenvalue weighted by Gasteiger charge is -2.20. The van der Waals surface area contributed by atoms with Crippen LogP contribution in [0.5, 0.6) is 0 Å². The zero-order valence-electron chi connectivity index (χ0n) is 15.1. The van der Waals surface area contributed by atoms with E-state index in [0.29, 0.717) is 23.0 Å². The fourth-order valence-electron chi connectivity index (χ4n) is 3.92. The Bertz CT molecular complexity index is 1000. The van der Waals surface area contributed by atoms with Crippen LogP contribution in [0.15, 0.2) is 24.5 Å². The molecule has 0 bridgehead atoms. The summed E-state index contributed by atoms with van der Waals surface area (Å²) in [6.07, 6.45) is -0.913. The minimum atomic E-state index is -4.39. The topological polar surface area (TPSA) is 54.2 Å². The Balaban J connectivity index is 1.75. The van der Waals surface area contributed by atoms with E-state index in [0.717, 1.165) is 42.5 Å². The molecule has 1 unspecified atom stereocenters. The van der Waals surface area contributed by atoms with Crippen LogP contribution >= 0.6 is 11.6 Å². The molecule has 1 fully saturated rings. The first-order valence-electron chi connectivity index (χ1n) is 9.20. The van der Waals surface area contributed by atoms with Gasteiger partial charge in [0.05, 0.1) is 11.6 Å². The molecule has 0 aliphatic carbocycles. The number of alkyl halides is 3. The second-order valence-corrected chi connectivity index (χ2v) is 7.63. The van der Waals surface area contributed by atoms with Crippen LogP contribution in [0.2, 0.25) is 5.15 Å². The molecular formula is C19H20ClF3N4O. The quantitative estimate of drug-likeness (QED) is 0.657. The van der Waals surface area contributed by atoms with Crippen LogP contribution in [0, 0.1) is 0 Å². The zero-order chi connectivity index (χ0) is 19.9. The summed E-state index contributed by atoms with van der Waals surface area (Å²) in [7, 11) is 0. The molecule has 1 N–H and O–H groups in total. The summed E-state index contributed by atoms with van der Waals surface area (Å²) >= 11 is 6.12. The predicted octanol–water partition coefficient (Wildman–Crippen LogP) is 4.15. The molecule has 2 aromatic heterocycles. The molecule has 150 valence electrons. The number of hydrogen-bond donors (Lipinski definition) is 1. The van der Waals surface area contributed by atoms with Gasteiger partial charge in [0, 0.05) is 18.5 Å². The predicted molar refractivity (Wildman–Crippen MR) is 101 cm³/mol. The van der Waals surface area contributed by atoms with Crippen molar-refractivity contribution in [3.8, 4) is 0 Å². The molecule has 28 heavy (non-hydrogen) atoms. The van der Waals surface area contributed by atoms with Gasteiger partial charge in [0.2, 0.25) is 0 Å². The standard InChI is InChI=1S/C19H20ClF3N4O/c20-18-17-16(24-11-25-18)14-8-12(9-26-6-1-2-13(28)5-7-26)3-4-15(14)27(17)10-19(21,22)23/h3-4,8,11,13,28H,1-2,5-7,9-10H2. The molecule has 0 radical (unpaired) electrons. The van der Waals surface area contributed by atoms with Gasteiger partial charge in [-0.05, 0) is 43.5 Å². The van der Waals surface area contributed by atoms with Crippen molar-refractivity contribution in [2.75, 3.05) is 13.1 Å². The van der Waals surface area contributed by atoms with E-state index in [-0.39, 0.29) is 16.8 Å². The molecule has 1 saturated heterocycles. The molecule has 3 heterocycles. The van der Waals surface area contributed by atoms with E-state index in [4.69, 9.17) is 11.6 Å². The summed E-state index contributed by atoms with van der Waals surface area (Å²) < 4.78 is 40.5. The van der Waals surface area contributed by atoms with Crippen molar-refractivity contribution in [3.05, 3.63) is 35.2 Å². The van der Waals surface area contributed by atoms with Crippen molar-refractivity contribution in [1.29, 1.82) is 0 Å². The van der Waals surface area contributed by atoms with Crippen LogP contribution in [0.4, 0.5) is 13.2 Å². The summed E-state index contributed by atoms with van der Waals surface area (Å²) in [5.41, 5.74) is 2.05. The minimum Gasteiger partial charge on any atom is -0.393 e. The lowest BCUT2D eigenvalue weighted by molar-refractivity contribution is -0.139. The Morgan fingerprint density at radius 2 is 2.00 bits per heavy atom. The van der Waals surface area contributed by atoms with Gasteiger partial charge in [-0.3, -0.25) is 4.90 Å². The monoisotopic (exact) mass is 412 g/mol. The number of rotatable bonds is 3. The molecule has 4 rings (SSSR count). The third-order valence-corrected chi connectivity index (χ3v) is 5.46. The second kappa shape index (κ2) is 7.50. The number of halogens is 4. The third kappa shape index (κ3) is 3.94. The highest BCUT2D eigenvalue weighted by molar-refractivity contribution is 6.34. The van der Waals surface area contributed by atoms with Gasteiger partial charge in [-0.25, -0.2) is 9.97 Å². The first kappa shape index (κ1) is 19.4. The molecule has 3 aromatic rings. The van der Waals surface area contributed by atoms with Gasteiger partial charge < -0.3 is 9.67 Å². The minimum absolute atomic E-state index is 0.00788. The van der Waals surface area contributed by atoms with Gasteiger partial charge in [0.1, 0.15) is 23.9 Å². The Kier molecular flexibility index (Phi) is 5.20. The lowest BCUT2D eigenvalue weighted by atomic mass is 10.1.